The molecule has 21 heavy (non-hydrogen) atoms. The van der Waals surface area contributed by atoms with Crippen LogP contribution in [0.3, 0.4) is 0 Å². The van der Waals surface area contributed by atoms with Crippen molar-refractivity contribution in [3.8, 4) is 0 Å². The Morgan fingerprint density at radius 3 is 2.43 bits per heavy atom. The predicted octanol–water partition coefficient (Wildman–Crippen LogP) is 3.63. The maximum Gasteiger partial charge on any atom is 0.185 e. The van der Waals surface area contributed by atoms with E-state index in [1.54, 1.807) is 7.11 Å². The molecule has 0 unspecified atom stereocenters. The molecule has 1 aromatic heterocycles. The Morgan fingerprint density at radius 1 is 1.24 bits per heavy atom. The number of nitrogens with zero attached hydrogens (tertiary/aromatic N) is 2. The number of hydrogen-bond acceptors (Lipinski definition) is 5. The second kappa shape index (κ2) is 10.1. The first-order valence-corrected chi connectivity index (χ1v) is 8.89. The molecule has 5 heteroatoms. The van der Waals surface area contributed by atoms with Crippen LogP contribution in [0, 0.1) is 0 Å². The molecule has 0 aromatic carbocycles. The van der Waals surface area contributed by atoms with Crippen LogP contribution >= 0.6 is 11.3 Å². The van der Waals surface area contributed by atoms with E-state index in [1.165, 1.54) is 15.7 Å². The summed E-state index contributed by atoms with van der Waals surface area (Å²) in [5, 5.41) is 4.63. The van der Waals surface area contributed by atoms with Crippen LogP contribution in [0.1, 0.15) is 57.0 Å². The molecule has 0 spiro atoms. The number of nitrogens with one attached hydrogen (secondary N) is 1. The summed E-state index contributed by atoms with van der Waals surface area (Å²) in [5.74, 6) is 0.472. The van der Waals surface area contributed by atoms with E-state index in [9.17, 15) is 0 Å². The molecule has 1 rings (SSSR count). The monoisotopic (exact) mass is 313 g/mol. The van der Waals surface area contributed by atoms with Gasteiger partial charge in [-0.1, -0.05) is 27.7 Å². The summed E-state index contributed by atoms with van der Waals surface area (Å²) in [6.45, 7) is 13.6. The molecule has 0 saturated carbocycles. The standard InChI is InChI=1S/C16H31N3OS/c1-6-9-19(10-7-2)16-18-15(13(3)4)14(21-16)12-17-8-11-20-5/h13,17H,6-12H2,1-5H3. The Kier molecular flexibility index (Phi) is 8.88. The third kappa shape index (κ3) is 5.93. The average Bonchev–Trinajstić information content (AvgIpc) is 2.88. The quantitative estimate of drug-likeness (QED) is 0.633. The lowest BCUT2D eigenvalue weighted by atomic mass is 10.1. The van der Waals surface area contributed by atoms with Crippen molar-refractivity contribution < 1.29 is 4.74 Å². The molecule has 1 N–H and O–H groups in total. The highest BCUT2D eigenvalue weighted by atomic mass is 32.1. The fourth-order valence-electron chi connectivity index (χ4n) is 2.28. The number of rotatable bonds is 11. The Hall–Kier alpha value is -0.650. The summed E-state index contributed by atoms with van der Waals surface area (Å²) >= 11 is 1.85. The first-order chi connectivity index (χ1) is 10.1. The molecule has 0 aliphatic rings. The maximum atomic E-state index is 5.08. The van der Waals surface area contributed by atoms with Crippen LogP contribution in [0.4, 0.5) is 5.13 Å². The Labute approximate surface area is 133 Å². The van der Waals surface area contributed by atoms with E-state index in [0.29, 0.717) is 5.92 Å². The minimum absolute atomic E-state index is 0.472. The van der Waals surface area contributed by atoms with E-state index in [4.69, 9.17) is 9.72 Å². The van der Waals surface area contributed by atoms with Crippen LogP contribution in [-0.2, 0) is 11.3 Å². The Morgan fingerprint density at radius 2 is 1.90 bits per heavy atom. The van der Waals surface area contributed by atoms with Crippen LogP contribution in [0.2, 0.25) is 0 Å². The molecule has 0 bridgehead atoms. The third-order valence-electron chi connectivity index (χ3n) is 3.29. The molecule has 1 aromatic rings. The molecule has 0 aliphatic carbocycles. The van der Waals surface area contributed by atoms with Crippen LogP contribution in [-0.4, -0.2) is 38.3 Å². The van der Waals surface area contributed by atoms with Crippen LogP contribution in [0.15, 0.2) is 0 Å². The lowest BCUT2D eigenvalue weighted by molar-refractivity contribution is 0.199. The van der Waals surface area contributed by atoms with Gasteiger partial charge in [-0.05, 0) is 18.8 Å². The van der Waals surface area contributed by atoms with Crippen molar-refractivity contribution in [3.63, 3.8) is 0 Å². The van der Waals surface area contributed by atoms with Crippen molar-refractivity contribution >= 4 is 16.5 Å². The van der Waals surface area contributed by atoms with Crippen LogP contribution < -0.4 is 10.2 Å². The molecular formula is C16H31N3OS. The lowest BCUT2D eigenvalue weighted by Gasteiger charge is -2.20. The predicted molar refractivity (Wildman–Crippen MR) is 92.6 cm³/mol. The van der Waals surface area contributed by atoms with Gasteiger partial charge in [-0.2, -0.15) is 0 Å². The van der Waals surface area contributed by atoms with E-state index >= 15 is 0 Å². The van der Waals surface area contributed by atoms with Gasteiger partial charge in [0.2, 0.25) is 0 Å². The Balaban J connectivity index is 2.81. The van der Waals surface area contributed by atoms with E-state index < -0.39 is 0 Å². The number of anilines is 1. The number of ether oxygens (including phenoxy) is 1. The second-order valence-corrected chi connectivity index (χ2v) is 6.68. The highest BCUT2D eigenvalue weighted by Crippen LogP contribution is 2.31. The van der Waals surface area contributed by atoms with E-state index in [2.05, 4.69) is 37.9 Å². The van der Waals surface area contributed by atoms with Crippen molar-refractivity contribution in [3.05, 3.63) is 10.6 Å². The highest BCUT2D eigenvalue weighted by molar-refractivity contribution is 7.15. The van der Waals surface area contributed by atoms with Crippen molar-refractivity contribution in [2.45, 2.75) is 53.0 Å². The number of thiazole rings is 1. The van der Waals surface area contributed by atoms with Gasteiger partial charge >= 0.3 is 0 Å². The maximum absolute atomic E-state index is 5.08. The molecule has 122 valence electrons. The summed E-state index contributed by atoms with van der Waals surface area (Å²) in [7, 11) is 1.74. The zero-order chi connectivity index (χ0) is 15.7. The van der Waals surface area contributed by atoms with Gasteiger partial charge in [0.25, 0.3) is 0 Å². The van der Waals surface area contributed by atoms with Crippen molar-refractivity contribution in [1.29, 1.82) is 0 Å². The lowest BCUT2D eigenvalue weighted by Crippen LogP contribution is -2.24. The fourth-order valence-corrected chi connectivity index (χ4v) is 3.52. The fraction of sp³-hybridized carbons (Fsp3) is 0.812. The topological polar surface area (TPSA) is 37.4 Å². The van der Waals surface area contributed by atoms with E-state index in [0.717, 1.165) is 45.6 Å². The minimum atomic E-state index is 0.472. The molecule has 0 atom stereocenters. The molecule has 0 aliphatic heterocycles. The van der Waals surface area contributed by atoms with E-state index in [1.807, 2.05) is 11.3 Å². The largest absolute Gasteiger partial charge is 0.383 e. The summed E-state index contributed by atoms with van der Waals surface area (Å²) in [6, 6.07) is 0. The van der Waals surface area contributed by atoms with Gasteiger partial charge in [-0.25, -0.2) is 4.98 Å². The second-order valence-electron chi connectivity index (χ2n) is 5.62. The smallest absolute Gasteiger partial charge is 0.185 e. The number of methoxy groups -OCH3 is 1. The van der Waals surface area contributed by atoms with Crippen molar-refractivity contribution in [1.82, 2.24) is 10.3 Å². The average molecular weight is 314 g/mol. The minimum Gasteiger partial charge on any atom is -0.383 e. The molecule has 1 heterocycles. The van der Waals surface area contributed by atoms with Crippen molar-refractivity contribution in [2.75, 3.05) is 38.3 Å². The molecular weight excluding hydrogens is 282 g/mol. The molecule has 0 saturated heterocycles. The van der Waals surface area contributed by atoms with Gasteiger partial charge < -0.3 is 15.0 Å². The third-order valence-corrected chi connectivity index (χ3v) is 4.42. The Bertz CT molecular complexity index is 387. The summed E-state index contributed by atoms with van der Waals surface area (Å²) in [4.78, 5) is 8.71. The van der Waals surface area contributed by atoms with Gasteiger partial charge in [-0.3, -0.25) is 0 Å². The highest BCUT2D eigenvalue weighted by Gasteiger charge is 2.17. The number of aromatic nitrogens is 1. The SMILES string of the molecule is CCCN(CCC)c1nc(C(C)C)c(CNCCOC)s1. The van der Waals surface area contributed by atoms with Gasteiger partial charge in [-0.15, -0.1) is 11.3 Å². The van der Waals surface area contributed by atoms with Gasteiger partial charge in [0.15, 0.2) is 5.13 Å². The summed E-state index contributed by atoms with van der Waals surface area (Å²) in [5.41, 5.74) is 1.25. The van der Waals surface area contributed by atoms with Crippen LogP contribution in [0.25, 0.3) is 0 Å². The van der Waals surface area contributed by atoms with Crippen LogP contribution in [0.5, 0.6) is 0 Å². The molecule has 4 nitrogen and oxygen atoms in total. The first-order valence-electron chi connectivity index (χ1n) is 8.08. The number of hydrogen-bond donors (Lipinski definition) is 1. The van der Waals surface area contributed by atoms with E-state index in [-0.39, 0.29) is 0 Å². The summed E-state index contributed by atoms with van der Waals surface area (Å²) in [6.07, 6.45) is 2.33. The molecule has 0 amide bonds. The van der Waals surface area contributed by atoms with Gasteiger partial charge in [0.05, 0.1) is 12.3 Å². The first kappa shape index (κ1) is 18.4. The normalized spacial score (nSPS) is 11.3. The molecule has 0 fully saturated rings. The van der Waals surface area contributed by atoms with Gasteiger partial charge in [0.1, 0.15) is 0 Å². The summed E-state index contributed by atoms with van der Waals surface area (Å²) < 4.78 is 5.08. The molecule has 0 radical (unpaired) electrons. The van der Waals surface area contributed by atoms with Gasteiger partial charge in [0, 0.05) is 38.2 Å². The zero-order valence-electron chi connectivity index (χ0n) is 14.2. The zero-order valence-corrected chi connectivity index (χ0v) is 15.1. The van der Waals surface area contributed by atoms with Crippen molar-refractivity contribution in [2.24, 2.45) is 0 Å².